The van der Waals surface area contributed by atoms with Crippen LogP contribution in [0.3, 0.4) is 0 Å². The molecule has 1 heterocycles. The summed E-state index contributed by atoms with van der Waals surface area (Å²) in [5.74, 6) is -0.680. The molecule has 21 heavy (non-hydrogen) atoms. The number of nitrogens with one attached hydrogen (secondary N) is 1. The Kier molecular flexibility index (Phi) is 4.29. The molecule has 8 heteroatoms. The standard InChI is InChI=1S/C13H15NO5S2/c1-21(18,19)10-4-2-3-9(7-10)11(15)14-13(12(16)17)5-6-20-8-13/h2-4,7H,5-6,8H2,1H3,(H,14,15)(H,16,17)/t13-/m1/s1. The van der Waals surface area contributed by atoms with E-state index in [-0.39, 0.29) is 10.5 Å². The van der Waals surface area contributed by atoms with Crippen LogP contribution in [0.5, 0.6) is 0 Å². The maximum Gasteiger partial charge on any atom is 0.330 e. The first-order valence-corrected chi connectivity index (χ1v) is 9.23. The van der Waals surface area contributed by atoms with Gasteiger partial charge < -0.3 is 10.4 Å². The molecule has 0 aromatic heterocycles. The van der Waals surface area contributed by atoms with Gasteiger partial charge in [-0.3, -0.25) is 4.79 Å². The van der Waals surface area contributed by atoms with E-state index in [2.05, 4.69) is 5.32 Å². The average molecular weight is 329 g/mol. The molecule has 1 saturated heterocycles. The summed E-state index contributed by atoms with van der Waals surface area (Å²) in [6.45, 7) is 0. The van der Waals surface area contributed by atoms with Crippen molar-refractivity contribution in [3.05, 3.63) is 29.8 Å². The van der Waals surface area contributed by atoms with Gasteiger partial charge in [0.1, 0.15) is 5.54 Å². The van der Waals surface area contributed by atoms with Gasteiger partial charge in [-0.1, -0.05) is 6.07 Å². The Morgan fingerprint density at radius 1 is 1.38 bits per heavy atom. The van der Waals surface area contributed by atoms with E-state index in [0.717, 1.165) is 6.26 Å². The van der Waals surface area contributed by atoms with E-state index in [9.17, 15) is 23.1 Å². The third kappa shape index (κ3) is 3.38. The number of rotatable bonds is 4. The van der Waals surface area contributed by atoms with Crippen molar-refractivity contribution in [2.45, 2.75) is 16.9 Å². The molecule has 0 radical (unpaired) electrons. The van der Waals surface area contributed by atoms with E-state index < -0.39 is 27.3 Å². The minimum Gasteiger partial charge on any atom is -0.479 e. The molecular formula is C13H15NO5S2. The Morgan fingerprint density at radius 3 is 2.62 bits per heavy atom. The zero-order valence-electron chi connectivity index (χ0n) is 11.3. The molecule has 2 N–H and O–H groups in total. The molecule has 0 aliphatic carbocycles. The van der Waals surface area contributed by atoms with Gasteiger partial charge in [-0.2, -0.15) is 11.8 Å². The number of hydrogen-bond donors (Lipinski definition) is 2. The van der Waals surface area contributed by atoms with Gasteiger partial charge in [0.2, 0.25) is 0 Å². The van der Waals surface area contributed by atoms with Gasteiger partial charge in [-0.05, 0) is 30.4 Å². The molecule has 1 aliphatic rings. The Balaban J connectivity index is 2.27. The number of carbonyl (C=O) groups is 2. The lowest BCUT2D eigenvalue weighted by Gasteiger charge is -2.24. The Bertz CT molecular complexity index is 678. The maximum atomic E-state index is 12.2. The molecule has 2 rings (SSSR count). The molecular weight excluding hydrogens is 314 g/mol. The van der Waals surface area contributed by atoms with E-state index in [4.69, 9.17) is 0 Å². The van der Waals surface area contributed by atoms with Crippen LogP contribution in [0.4, 0.5) is 0 Å². The van der Waals surface area contributed by atoms with Crippen LogP contribution in [0.15, 0.2) is 29.2 Å². The van der Waals surface area contributed by atoms with Crippen molar-refractivity contribution in [3.8, 4) is 0 Å². The van der Waals surface area contributed by atoms with Crippen LogP contribution in [0.25, 0.3) is 0 Å². The summed E-state index contributed by atoms with van der Waals surface area (Å²) in [5.41, 5.74) is -1.14. The largest absolute Gasteiger partial charge is 0.479 e. The highest BCUT2D eigenvalue weighted by molar-refractivity contribution is 7.99. The highest BCUT2D eigenvalue weighted by Crippen LogP contribution is 2.28. The minimum absolute atomic E-state index is 0.0281. The number of carbonyl (C=O) groups excluding carboxylic acids is 1. The SMILES string of the molecule is CS(=O)(=O)c1cccc(C(=O)N[C@]2(C(=O)O)CCSC2)c1. The second kappa shape index (κ2) is 5.69. The van der Waals surface area contributed by atoms with Crippen LogP contribution in [-0.4, -0.2) is 48.7 Å². The van der Waals surface area contributed by atoms with E-state index in [0.29, 0.717) is 17.9 Å². The second-order valence-electron chi connectivity index (χ2n) is 4.94. The lowest BCUT2D eigenvalue weighted by Crippen LogP contribution is -2.54. The topological polar surface area (TPSA) is 101 Å². The van der Waals surface area contributed by atoms with Crippen LogP contribution in [0.1, 0.15) is 16.8 Å². The molecule has 1 aromatic carbocycles. The number of hydrogen-bond acceptors (Lipinski definition) is 5. The average Bonchev–Trinajstić information content (AvgIpc) is 2.88. The van der Waals surface area contributed by atoms with Gasteiger partial charge in [-0.15, -0.1) is 0 Å². The fourth-order valence-electron chi connectivity index (χ4n) is 2.04. The van der Waals surface area contributed by atoms with E-state index in [1.54, 1.807) is 0 Å². The smallest absolute Gasteiger partial charge is 0.330 e. The van der Waals surface area contributed by atoms with Gasteiger partial charge in [0.15, 0.2) is 9.84 Å². The molecule has 1 fully saturated rings. The number of benzene rings is 1. The predicted molar refractivity (Wildman–Crippen MR) is 79.3 cm³/mol. The molecule has 0 spiro atoms. The highest BCUT2D eigenvalue weighted by Gasteiger charge is 2.43. The van der Waals surface area contributed by atoms with Gasteiger partial charge in [0.25, 0.3) is 5.91 Å². The summed E-state index contributed by atoms with van der Waals surface area (Å²) in [5, 5.41) is 11.9. The van der Waals surface area contributed by atoms with Crippen LogP contribution < -0.4 is 5.32 Å². The summed E-state index contributed by atoms with van der Waals surface area (Å²) >= 11 is 1.46. The van der Waals surface area contributed by atoms with Crippen LogP contribution in [0, 0.1) is 0 Å². The highest BCUT2D eigenvalue weighted by atomic mass is 32.2. The van der Waals surface area contributed by atoms with E-state index >= 15 is 0 Å². The van der Waals surface area contributed by atoms with E-state index in [1.807, 2.05) is 0 Å². The monoisotopic (exact) mass is 329 g/mol. The van der Waals surface area contributed by atoms with Crippen LogP contribution in [0.2, 0.25) is 0 Å². The van der Waals surface area contributed by atoms with Gasteiger partial charge >= 0.3 is 5.97 Å². The van der Waals surface area contributed by atoms with Crippen molar-refractivity contribution in [2.24, 2.45) is 0 Å². The third-order valence-electron chi connectivity index (χ3n) is 3.31. The molecule has 6 nitrogen and oxygen atoms in total. The second-order valence-corrected chi connectivity index (χ2v) is 8.06. The lowest BCUT2D eigenvalue weighted by atomic mass is 9.98. The Labute approximate surface area is 126 Å². The van der Waals surface area contributed by atoms with Gasteiger partial charge in [-0.25, -0.2) is 13.2 Å². The summed E-state index contributed by atoms with van der Waals surface area (Å²) in [4.78, 5) is 23.6. The number of thioether (sulfide) groups is 1. The Morgan fingerprint density at radius 2 is 2.10 bits per heavy atom. The third-order valence-corrected chi connectivity index (χ3v) is 5.61. The normalized spacial score (nSPS) is 22.0. The number of aliphatic carboxylic acids is 1. The number of sulfone groups is 1. The fraction of sp³-hybridized carbons (Fsp3) is 0.385. The molecule has 1 aliphatic heterocycles. The van der Waals surface area contributed by atoms with Crippen molar-refractivity contribution >= 4 is 33.5 Å². The summed E-state index contributed by atoms with van der Waals surface area (Å²) < 4.78 is 23.0. The van der Waals surface area contributed by atoms with Crippen molar-refractivity contribution in [1.82, 2.24) is 5.32 Å². The van der Waals surface area contributed by atoms with Gasteiger partial charge in [0.05, 0.1) is 4.90 Å². The molecule has 114 valence electrons. The fourth-order valence-corrected chi connectivity index (χ4v) is 4.04. The molecule has 0 bridgehead atoms. The van der Waals surface area contributed by atoms with Crippen molar-refractivity contribution in [2.75, 3.05) is 17.8 Å². The number of amides is 1. The quantitative estimate of drug-likeness (QED) is 0.847. The zero-order valence-corrected chi connectivity index (χ0v) is 13.0. The lowest BCUT2D eigenvalue weighted by molar-refractivity contribution is -0.143. The summed E-state index contributed by atoms with van der Waals surface area (Å²) in [6, 6.07) is 5.57. The van der Waals surface area contributed by atoms with Crippen molar-refractivity contribution in [3.63, 3.8) is 0 Å². The van der Waals surface area contributed by atoms with Crippen molar-refractivity contribution in [1.29, 1.82) is 0 Å². The van der Waals surface area contributed by atoms with Crippen LogP contribution >= 0.6 is 11.8 Å². The van der Waals surface area contributed by atoms with Gasteiger partial charge in [0, 0.05) is 17.6 Å². The minimum atomic E-state index is -3.42. The molecule has 0 saturated carbocycles. The van der Waals surface area contributed by atoms with Crippen molar-refractivity contribution < 1.29 is 23.1 Å². The first-order valence-electron chi connectivity index (χ1n) is 6.18. The molecule has 1 amide bonds. The Hall–Kier alpha value is -1.54. The molecule has 1 aromatic rings. The predicted octanol–water partition coefficient (Wildman–Crippen LogP) is 0.780. The molecule has 0 unspecified atom stereocenters. The summed E-state index contributed by atoms with van der Waals surface area (Å²) in [6.07, 6.45) is 1.40. The number of carboxylic acid groups (broad SMARTS) is 1. The zero-order chi connectivity index (χ0) is 15.7. The first-order chi connectivity index (χ1) is 9.74. The molecule has 1 atom stereocenters. The van der Waals surface area contributed by atoms with Crippen LogP contribution in [-0.2, 0) is 14.6 Å². The first kappa shape index (κ1) is 15.8. The summed E-state index contributed by atoms with van der Waals surface area (Å²) in [7, 11) is -3.42. The van der Waals surface area contributed by atoms with E-state index in [1.165, 1.54) is 36.0 Å². The number of carboxylic acids is 1. The maximum absolute atomic E-state index is 12.2.